The number of benzene rings is 1. The van der Waals surface area contributed by atoms with Crippen molar-refractivity contribution >= 4 is 22.4 Å². The average molecular weight is 328 g/mol. The van der Waals surface area contributed by atoms with Gasteiger partial charge in [-0.15, -0.1) is 11.3 Å². The zero-order valence-corrected chi connectivity index (χ0v) is 13.8. The van der Waals surface area contributed by atoms with Gasteiger partial charge < -0.3 is 10.6 Å². The van der Waals surface area contributed by atoms with Crippen LogP contribution in [-0.2, 0) is 6.54 Å². The summed E-state index contributed by atoms with van der Waals surface area (Å²) < 4.78 is 0. The number of hydrogen-bond acceptors (Lipinski definition) is 5. The van der Waals surface area contributed by atoms with Gasteiger partial charge in [0.2, 0.25) is 0 Å². The van der Waals surface area contributed by atoms with Gasteiger partial charge in [-0.05, 0) is 17.4 Å². The third-order valence-electron chi connectivity index (χ3n) is 4.77. The second kappa shape index (κ2) is 5.94. The molecule has 4 rings (SSSR count). The van der Waals surface area contributed by atoms with E-state index in [-0.39, 0.29) is 5.91 Å². The molecular weight excluding hydrogens is 308 g/mol. The van der Waals surface area contributed by atoms with Crippen LogP contribution in [0.15, 0.2) is 35.7 Å². The lowest BCUT2D eigenvalue weighted by Gasteiger charge is -2.19. The number of rotatable bonds is 5. The van der Waals surface area contributed by atoms with Crippen LogP contribution in [-0.4, -0.2) is 42.0 Å². The van der Waals surface area contributed by atoms with Crippen molar-refractivity contribution in [2.75, 3.05) is 25.5 Å². The highest BCUT2D eigenvalue weighted by molar-refractivity contribution is 7.13. The van der Waals surface area contributed by atoms with E-state index in [1.54, 1.807) is 5.38 Å². The summed E-state index contributed by atoms with van der Waals surface area (Å²) in [6, 6.07) is 10.9. The van der Waals surface area contributed by atoms with Crippen molar-refractivity contribution < 1.29 is 4.79 Å². The molecule has 0 bridgehead atoms. The Morgan fingerprint density at radius 2 is 2.04 bits per heavy atom. The smallest absolute Gasteiger partial charge is 0.271 e. The average Bonchev–Trinajstić information content (AvgIpc) is 2.99. The quantitative estimate of drug-likeness (QED) is 0.882. The molecule has 1 saturated carbocycles. The fourth-order valence-corrected chi connectivity index (χ4v) is 4.17. The molecule has 1 aliphatic heterocycles. The number of nitrogens with one attached hydrogen (secondary N) is 2. The molecule has 2 aromatic rings. The summed E-state index contributed by atoms with van der Waals surface area (Å²) in [5.41, 5.74) is 1.88. The SMILES string of the molecule is CNc1nc(C(=O)NC2[C@H]3CN(Cc4ccccc4)C[C@@H]23)cs1. The minimum Gasteiger partial charge on any atom is -0.365 e. The maximum absolute atomic E-state index is 12.2. The lowest BCUT2D eigenvalue weighted by atomic mass is 10.2. The van der Waals surface area contributed by atoms with E-state index in [0.717, 1.165) is 24.8 Å². The van der Waals surface area contributed by atoms with Gasteiger partial charge in [-0.3, -0.25) is 9.69 Å². The van der Waals surface area contributed by atoms with Gasteiger partial charge in [-0.25, -0.2) is 4.98 Å². The normalized spacial score (nSPS) is 25.9. The van der Waals surface area contributed by atoms with Gasteiger partial charge in [0.15, 0.2) is 5.13 Å². The Labute approximate surface area is 139 Å². The lowest BCUT2D eigenvalue weighted by molar-refractivity contribution is 0.0938. The number of fused-ring (bicyclic) bond motifs is 1. The van der Waals surface area contributed by atoms with Gasteiger partial charge in [0.1, 0.15) is 5.69 Å². The predicted octanol–water partition coefficient (Wildman–Crippen LogP) is 2.04. The van der Waals surface area contributed by atoms with Crippen LogP contribution in [0.25, 0.3) is 0 Å². The highest BCUT2D eigenvalue weighted by Crippen LogP contribution is 2.45. The van der Waals surface area contributed by atoms with Gasteiger partial charge in [0, 0.05) is 38.1 Å². The van der Waals surface area contributed by atoms with Gasteiger partial charge in [-0.2, -0.15) is 0 Å². The molecule has 1 unspecified atom stereocenters. The Kier molecular flexibility index (Phi) is 3.79. The van der Waals surface area contributed by atoms with E-state index in [2.05, 4.69) is 50.8 Å². The molecule has 1 saturated heterocycles. The van der Waals surface area contributed by atoms with Crippen LogP contribution in [0.2, 0.25) is 0 Å². The first-order chi connectivity index (χ1) is 11.2. The maximum Gasteiger partial charge on any atom is 0.271 e. The van der Waals surface area contributed by atoms with Crippen molar-refractivity contribution in [2.45, 2.75) is 12.6 Å². The molecule has 2 fully saturated rings. The van der Waals surface area contributed by atoms with Crippen LogP contribution in [0.5, 0.6) is 0 Å². The summed E-state index contributed by atoms with van der Waals surface area (Å²) in [6.07, 6.45) is 0. The van der Waals surface area contributed by atoms with Gasteiger partial charge in [-0.1, -0.05) is 30.3 Å². The number of carbonyl (C=O) groups is 1. The van der Waals surface area contributed by atoms with E-state index in [1.807, 2.05) is 7.05 Å². The third kappa shape index (κ3) is 2.96. The number of thiazole rings is 1. The molecule has 0 spiro atoms. The second-order valence-electron chi connectivity index (χ2n) is 6.29. The summed E-state index contributed by atoms with van der Waals surface area (Å²) in [7, 11) is 1.81. The number of anilines is 1. The van der Waals surface area contributed by atoms with Gasteiger partial charge in [0.25, 0.3) is 5.91 Å². The largest absolute Gasteiger partial charge is 0.365 e. The minimum atomic E-state index is -0.0447. The molecule has 120 valence electrons. The molecule has 0 radical (unpaired) electrons. The second-order valence-corrected chi connectivity index (χ2v) is 7.15. The Bertz CT molecular complexity index is 690. The first-order valence-electron chi connectivity index (χ1n) is 7.95. The Balaban J connectivity index is 1.28. The molecule has 6 heteroatoms. The highest BCUT2D eigenvalue weighted by Gasteiger charge is 2.56. The molecule has 3 atom stereocenters. The van der Waals surface area contributed by atoms with Crippen LogP contribution < -0.4 is 10.6 Å². The predicted molar refractivity (Wildman–Crippen MR) is 91.6 cm³/mol. The van der Waals surface area contributed by atoms with Crippen LogP contribution in [0.3, 0.4) is 0 Å². The van der Waals surface area contributed by atoms with E-state index >= 15 is 0 Å². The van der Waals surface area contributed by atoms with Crippen molar-refractivity contribution in [3.8, 4) is 0 Å². The van der Waals surface area contributed by atoms with Gasteiger partial charge >= 0.3 is 0 Å². The van der Waals surface area contributed by atoms with Crippen LogP contribution in [0.1, 0.15) is 16.1 Å². The molecule has 1 aliphatic carbocycles. The van der Waals surface area contributed by atoms with E-state index in [0.29, 0.717) is 23.6 Å². The van der Waals surface area contributed by atoms with Crippen LogP contribution >= 0.6 is 11.3 Å². The van der Waals surface area contributed by atoms with E-state index in [9.17, 15) is 4.79 Å². The number of likely N-dealkylation sites (tertiary alicyclic amines) is 1. The summed E-state index contributed by atoms with van der Waals surface area (Å²) in [4.78, 5) is 19.0. The molecule has 2 N–H and O–H groups in total. The third-order valence-corrected chi connectivity index (χ3v) is 5.63. The van der Waals surface area contributed by atoms with E-state index in [1.165, 1.54) is 16.9 Å². The monoisotopic (exact) mass is 328 g/mol. The molecule has 2 heterocycles. The van der Waals surface area contributed by atoms with Crippen LogP contribution in [0.4, 0.5) is 5.13 Å². The molecule has 1 aromatic carbocycles. The van der Waals surface area contributed by atoms with E-state index < -0.39 is 0 Å². The first kappa shape index (κ1) is 14.7. The highest BCUT2D eigenvalue weighted by atomic mass is 32.1. The fourth-order valence-electron chi connectivity index (χ4n) is 3.52. The summed E-state index contributed by atoms with van der Waals surface area (Å²) >= 11 is 1.46. The maximum atomic E-state index is 12.2. The number of piperidine rings is 1. The minimum absolute atomic E-state index is 0.0447. The van der Waals surface area contributed by atoms with Crippen molar-refractivity contribution in [3.05, 3.63) is 47.0 Å². The molecule has 2 aliphatic rings. The topological polar surface area (TPSA) is 57.3 Å². The summed E-state index contributed by atoms with van der Waals surface area (Å²) in [6.45, 7) is 3.15. The number of nitrogens with zero attached hydrogens (tertiary/aromatic N) is 2. The Morgan fingerprint density at radius 3 is 2.70 bits per heavy atom. The fraction of sp³-hybridized carbons (Fsp3) is 0.412. The van der Waals surface area contributed by atoms with Crippen molar-refractivity contribution in [3.63, 3.8) is 0 Å². The number of amides is 1. The molecule has 23 heavy (non-hydrogen) atoms. The zero-order chi connectivity index (χ0) is 15.8. The molecule has 1 aromatic heterocycles. The molecule has 5 nitrogen and oxygen atoms in total. The molecule has 1 amide bonds. The number of carbonyl (C=O) groups excluding carboxylic acids is 1. The zero-order valence-electron chi connectivity index (χ0n) is 13.0. The van der Waals surface area contributed by atoms with Crippen LogP contribution in [0, 0.1) is 11.8 Å². The Morgan fingerprint density at radius 1 is 1.30 bits per heavy atom. The summed E-state index contributed by atoms with van der Waals surface area (Å²) in [5.74, 6) is 1.16. The standard InChI is InChI=1S/C17H20N4OS/c1-18-17-19-14(10-23-17)16(22)20-15-12-8-21(9-13(12)15)7-11-5-3-2-4-6-11/h2-6,10,12-13,15H,7-9H2,1H3,(H,18,19)(H,20,22)/t12-,13+,15?. The first-order valence-corrected chi connectivity index (χ1v) is 8.83. The summed E-state index contributed by atoms with van der Waals surface area (Å²) in [5, 5.41) is 8.69. The Hall–Kier alpha value is -1.92. The van der Waals surface area contributed by atoms with Crippen molar-refractivity contribution in [2.24, 2.45) is 11.8 Å². The number of aromatic nitrogens is 1. The van der Waals surface area contributed by atoms with Gasteiger partial charge in [0.05, 0.1) is 0 Å². The van der Waals surface area contributed by atoms with E-state index in [4.69, 9.17) is 0 Å². The van der Waals surface area contributed by atoms with Crippen molar-refractivity contribution in [1.82, 2.24) is 15.2 Å². The number of hydrogen-bond donors (Lipinski definition) is 2. The lowest BCUT2D eigenvalue weighted by Crippen LogP contribution is -2.34. The molecular formula is C17H20N4OS. The van der Waals surface area contributed by atoms with Crippen molar-refractivity contribution in [1.29, 1.82) is 0 Å².